The van der Waals surface area contributed by atoms with E-state index in [1.54, 1.807) is 0 Å². The van der Waals surface area contributed by atoms with E-state index in [0.29, 0.717) is 19.5 Å². The van der Waals surface area contributed by atoms with Gasteiger partial charge in [0.05, 0.1) is 5.92 Å². The van der Waals surface area contributed by atoms with Gasteiger partial charge in [-0.25, -0.2) is 0 Å². The van der Waals surface area contributed by atoms with Crippen molar-refractivity contribution < 1.29 is 19.4 Å². The molecule has 1 rings (SSSR count). The molecule has 0 aromatic heterocycles. The average molecular weight is 187 g/mol. The van der Waals surface area contributed by atoms with E-state index in [0.717, 1.165) is 0 Å². The molecule has 1 N–H and O–H groups in total. The molecule has 0 aromatic rings. The van der Waals surface area contributed by atoms with E-state index in [1.807, 2.05) is 0 Å². The number of likely N-dealkylation sites (tertiary alicyclic amines) is 1. The van der Waals surface area contributed by atoms with Gasteiger partial charge in [0.25, 0.3) is 0 Å². The minimum absolute atomic E-state index is 0.0341. The number of methoxy groups -OCH3 is 1. The Morgan fingerprint density at radius 3 is 2.77 bits per heavy atom. The highest BCUT2D eigenvalue weighted by Crippen LogP contribution is 2.16. The molecule has 1 fully saturated rings. The van der Waals surface area contributed by atoms with Gasteiger partial charge in [-0.1, -0.05) is 0 Å². The lowest BCUT2D eigenvalue weighted by Gasteiger charge is -2.14. The zero-order valence-corrected chi connectivity index (χ0v) is 7.52. The molecule has 0 spiro atoms. The third-order valence-electron chi connectivity index (χ3n) is 2.16. The maximum absolute atomic E-state index is 11.2. The summed E-state index contributed by atoms with van der Waals surface area (Å²) in [5.41, 5.74) is 0. The number of carbonyl (C=O) groups is 2. The van der Waals surface area contributed by atoms with Gasteiger partial charge in [0.1, 0.15) is 6.61 Å². The summed E-state index contributed by atoms with van der Waals surface area (Å²) < 4.78 is 4.67. The lowest BCUT2D eigenvalue weighted by Crippen LogP contribution is -2.32. The molecule has 1 atom stereocenters. The van der Waals surface area contributed by atoms with Gasteiger partial charge < -0.3 is 14.7 Å². The molecule has 0 unspecified atom stereocenters. The van der Waals surface area contributed by atoms with Gasteiger partial charge in [-0.3, -0.25) is 9.59 Å². The summed E-state index contributed by atoms with van der Waals surface area (Å²) in [7, 11) is 1.45. The van der Waals surface area contributed by atoms with Gasteiger partial charge >= 0.3 is 5.97 Å². The second kappa shape index (κ2) is 4.23. The Morgan fingerprint density at radius 2 is 2.31 bits per heavy atom. The van der Waals surface area contributed by atoms with Crippen LogP contribution in [0.4, 0.5) is 0 Å². The number of hydrogen-bond donors (Lipinski definition) is 1. The van der Waals surface area contributed by atoms with Crippen molar-refractivity contribution >= 4 is 11.9 Å². The van der Waals surface area contributed by atoms with Crippen molar-refractivity contribution in [3.63, 3.8) is 0 Å². The van der Waals surface area contributed by atoms with Crippen LogP contribution in [0.2, 0.25) is 0 Å². The first-order valence-electron chi connectivity index (χ1n) is 4.14. The number of carboxylic acids is 1. The van der Waals surface area contributed by atoms with E-state index in [4.69, 9.17) is 5.11 Å². The number of ether oxygens (including phenoxy) is 1. The molecule has 1 saturated heterocycles. The Labute approximate surface area is 76.3 Å². The number of nitrogens with zero attached hydrogens (tertiary/aromatic N) is 1. The summed E-state index contributed by atoms with van der Waals surface area (Å²) in [5, 5.41) is 8.67. The van der Waals surface area contributed by atoms with Gasteiger partial charge in [0.2, 0.25) is 5.91 Å². The van der Waals surface area contributed by atoms with Crippen LogP contribution in [0.5, 0.6) is 0 Å². The highest BCUT2D eigenvalue weighted by Gasteiger charge is 2.30. The zero-order valence-electron chi connectivity index (χ0n) is 7.52. The molecule has 0 saturated carbocycles. The van der Waals surface area contributed by atoms with Crippen LogP contribution in [0.25, 0.3) is 0 Å². The molecule has 74 valence electrons. The molecule has 5 nitrogen and oxygen atoms in total. The zero-order chi connectivity index (χ0) is 9.84. The molecule has 0 aliphatic carbocycles. The Kier molecular flexibility index (Phi) is 3.25. The van der Waals surface area contributed by atoms with Crippen molar-refractivity contribution in [3.05, 3.63) is 0 Å². The third-order valence-corrected chi connectivity index (χ3v) is 2.16. The number of carboxylic acid groups (broad SMARTS) is 1. The van der Waals surface area contributed by atoms with E-state index in [2.05, 4.69) is 4.74 Å². The Morgan fingerprint density at radius 1 is 1.62 bits per heavy atom. The minimum Gasteiger partial charge on any atom is -0.481 e. The Bertz CT molecular complexity index is 216. The van der Waals surface area contributed by atoms with Crippen LogP contribution in [0.15, 0.2) is 0 Å². The van der Waals surface area contributed by atoms with Crippen LogP contribution in [0.3, 0.4) is 0 Å². The molecule has 1 aliphatic rings. The summed E-state index contributed by atoms with van der Waals surface area (Å²) in [6.45, 7) is 0.878. The topological polar surface area (TPSA) is 66.8 Å². The first kappa shape index (κ1) is 9.98. The van der Waals surface area contributed by atoms with Crippen molar-refractivity contribution in [3.8, 4) is 0 Å². The SMILES string of the molecule is COCC(=O)N1CC[C@H](C(=O)O)C1. The minimum atomic E-state index is -0.826. The Hall–Kier alpha value is -1.10. The fourth-order valence-electron chi connectivity index (χ4n) is 1.40. The first-order chi connectivity index (χ1) is 6.15. The van der Waals surface area contributed by atoms with Crippen LogP contribution in [0, 0.1) is 5.92 Å². The van der Waals surface area contributed by atoms with Gasteiger partial charge in [-0.15, -0.1) is 0 Å². The molecule has 0 aromatic carbocycles. The normalized spacial score (nSPS) is 21.9. The highest BCUT2D eigenvalue weighted by atomic mass is 16.5. The predicted molar refractivity (Wildman–Crippen MR) is 44.2 cm³/mol. The number of hydrogen-bond acceptors (Lipinski definition) is 3. The molecule has 0 bridgehead atoms. The number of carbonyl (C=O) groups excluding carboxylic acids is 1. The lowest BCUT2D eigenvalue weighted by molar-refractivity contribution is -0.141. The summed E-state index contributed by atoms with van der Waals surface area (Å²) in [6, 6.07) is 0. The second-order valence-electron chi connectivity index (χ2n) is 3.10. The van der Waals surface area contributed by atoms with E-state index >= 15 is 0 Å². The molecule has 1 aliphatic heterocycles. The summed E-state index contributed by atoms with van der Waals surface area (Å²) >= 11 is 0. The van der Waals surface area contributed by atoms with E-state index in [-0.39, 0.29) is 12.5 Å². The average Bonchev–Trinajstić information content (AvgIpc) is 2.52. The lowest BCUT2D eigenvalue weighted by atomic mass is 10.1. The second-order valence-corrected chi connectivity index (χ2v) is 3.10. The molecule has 1 amide bonds. The highest BCUT2D eigenvalue weighted by molar-refractivity contribution is 5.79. The third kappa shape index (κ3) is 2.42. The smallest absolute Gasteiger partial charge is 0.308 e. The molecular formula is C8H13NO4. The largest absolute Gasteiger partial charge is 0.481 e. The summed E-state index contributed by atoms with van der Waals surface area (Å²) in [5.74, 6) is -1.36. The molecule has 1 heterocycles. The van der Waals surface area contributed by atoms with E-state index in [9.17, 15) is 9.59 Å². The molecule has 0 radical (unpaired) electrons. The van der Waals surface area contributed by atoms with Gasteiger partial charge in [0, 0.05) is 20.2 Å². The van der Waals surface area contributed by atoms with Crippen molar-refractivity contribution in [1.82, 2.24) is 4.90 Å². The maximum atomic E-state index is 11.2. The van der Waals surface area contributed by atoms with Crippen molar-refractivity contribution in [2.24, 2.45) is 5.92 Å². The molecule has 5 heteroatoms. The van der Waals surface area contributed by atoms with Crippen molar-refractivity contribution in [2.45, 2.75) is 6.42 Å². The summed E-state index contributed by atoms with van der Waals surface area (Å²) in [6.07, 6.45) is 0.546. The van der Waals surface area contributed by atoms with Crippen molar-refractivity contribution in [1.29, 1.82) is 0 Å². The van der Waals surface area contributed by atoms with E-state index in [1.165, 1.54) is 12.0 Å². The van der Waals surface area contributed by atoms with E-state index < -0.39 is 11.9 Å². The maximum Gasteiger partial charge on any atom is 0.308 e. The molecular weight excluding hydrogens is 174 g/mol. The van der Waals surface area contributed by atoms with Gasteiger partial charge in [-0.2, -0.15) is 0 Å². The van der Waals surface area contributed by atoms with Crippen LogP contribution in [0.1, 0.15) is 6.42 Å². The number of rotatable bonds is 3. The molecule has 13 heavy (non-hydrogen) atoms. The predicted octanol–water partition coefficient (Wildman–Crippen LogP) is -0.434. The van der Waals surface area contributed by atoms with Gasteiger partial charge in [0.15, 0.2) is 0 Å². The first-order valence-corrected chi connectivity index (χ1v) is 4.14. The monoisotopic (exact) mass is 187 g/mol. The summed E-state index contributed by atoms with van der Waals surface area (Å²) in [4.78, 5) is 23.3. The fourth-order valence-corrected chi connectivity index (χ4v) is 1.40. The Balaban J connectivity index is 2.40. The van der Waals surface area contributed by atoms with Crippen LogP contribution < -0.4 is 0 Å². The van der Waals surface area contributed by atoms with Crippen molar-refractivity contribution in [2.75, 3.05) is 26.8 Å². The quantitative estimate of drug-likeness (QED) is 0.650. The van der Waals surface area contributed by atoms with Gasteiger partial charge in [-0.05, 0) is 6.42 Å². The number of aliphatic carboxylic acids is 1. The number of amides is 1. The van der Waals surface area contributed by atoms with Crippen LogP contribution in [-0.2, 0) is 14.3 Å². The fraction of sp³-hybridized carbons (Fsp3) is 0.750. The van der Waals surface area contributed by atoms with Crippen LogP contribution >= 0.6 is 0 Å². The van der Waals surface area contributed by atoms with Crippen LogP contribution in [-0.4, -0.2) is 48.7 Å². The standard InChI is InChI=1S/C8H13NO4/c1-13-5-7(10)9-3-2-6(4-9)8(11)12/h6H,2-5H2,1H3,(H,11,12)/t6-/m0/s1.